The lowest BCUT2D eigenvalue weighted by molar-refractivity contribution is 0.0937. The van der Waals surface area contributed by atoms with Crippen LogP contribution >= 0.6 is 23.2 Å². The Morgan fingerprint density at radius 1 is 1.21 bits per heavy atom. The fourth-order valence-electron chi connectivity index (χ4n) is 4.10. The van der Waals surface area contributed by atoms with Crippen LogP contribution in [0.4, 0.5) is 4.79 Å². The Balaban J connectivity index is 1.59. The number of nitrogens with one attached hydrogen (secondary N) is 1. The van der Waals surface area contributed by atoms with Crippen LogP contribution < -0.4 is 0 Å². The molecule has 7 heteroatoms. The van der Waals surface area contributed by atoms with Crippen molar-refractivity contribution in [3.8, 4) is 0 Å². The summed E-state index contributed by atoms with van der Waals surface area (Å²) in [6.45, 7) is 0.752. The maximum Gasteiger partial charge on any atom is 0.410 e. The monoisotopic (exact) mass is 427 g/mol. The molecule has 1 amide bonds. The van der Waals surface area contributed by atoms with E-state index in [0.29, 0.717) is 11.6 Å². The Morgan fingerprint density at radius 3 is 2.69 bits per heavy atom. The van der Waals surface area contributed by atoms with E-state index in [1.807, 2.05) is 24.4 Å². The molecule has 0 radical (unpaired) electrons. The number of H-pyrrole nitrogens is 1. The number of halogens is 2. The predicted molar refractivity (Wildman–Crippen MR) is 115 cm³/mol. The van der Waals surface area contributed by atoms with Gasteiger partial charge in [-0.05, 0) is 41.3 Å². The summed E-state index contributed by atoms with van der Waals surface area (Å²) in [7, 11) is 0. The van der Waals surface area contributed by atoms with Crippen molar-refractivity contribution < 1.29 is 9.53 Å². The van der Waals surface area contributed by atoms with Gasteiger partial charge in [0.15, 0.2) is 0 Å². The molecule has 29 heavy (non-hydrogen) atoms. The van der Waals surface area contributed by atoms with Gasteiger partial charge < -0.3 is 9.72 Å². The molecule has 0 bridgehead atoms. The molecular weight excluding hydrogens is 409 g/mol. The van der Waals surface area contributed by atoms with Crippen molar-refractivity contribution in [2.45, 2.75) is 18.5 Å². The molecule has 2 aromatic carbocycles. The number of hydrogen-bond acceptors (Lipinski definition) is 3. The van der Waals surface area contributed by atoms with E-state index < -0.39 is 0 Å². The second kappa shape index (κ2) is 7.39. The van der Waals surface area contributed by atoms with E-state index in [1.54, 1.807) is 4.90 Å². The zero-order valence-electron chi connectivity index (χ0n) is 15.6. The molecule has 2 aliphatic heterocycles. The van der Waals surface area contributed by atoms with E-state index in [-0.39, 0.29) is 30.7 Å². The van der Waals surface area contributed by atoms with Crippen LogP contribution in [0.15, 0.2) is 47.5 Å². The number of hydrogen-bond donors (Lipinski definition) is 1. The van der Waals surface area contributed by atoms with Crippen molar-refractivity contribution in [3.63, 3.8) is 0 Å². The van der Waals surface area contributed by atoms with Gasteiger partial charge in [0, 0.05) is 34.4 Å². The number of ether oxygens (including phenoxy) is 1. The number of amides is 1. The van der Waals surface area contributed by atoms with Gasteiger partial charge in [-0.15, -0.1) is 11.6 Å². The molecule has 5 rings (SSSR count). The summed E-state index contributed by atoms with van der Waals surface area (Å²) in [6, 6.07) is 14.1. The van der Waals surface area contributed by atoms with Gasteiger partial charge in [-0.2, -0.15) is 0 Å². The average molecular weight is 428 g/mol. The van der Waals surface area contributed by atoms with Gasteiger partial charge in [0.05, 0.1) is 5.88 Å². The lowest BCUT2D eigenvalue weighted by Gasteiger charge is -2.35. The van der Waals surface area contributed by atoms with Crippen LogP contribution in [0.25, 0.3) is 10.9 Å². The molecule has 2 atom stereocenters. The molecule has 1 aromatic heterocycles. The lowest BCUT2D eigenvalue weighted by atomic mass is 9.92. The summed E-state index contributed by atoms with van der Waals surface area (Å²) in [5.74, 6) is 0.274. The van der Waals surface area contributed by atoms with Gasteiger partial charge in [-0.1, -0.05) is 35.9 Å². The number of carbonyl (C=O) groups excluding carboxylic acids is 1. The third kappa shape index (κ3) is 3.38. The molecule has 5 nitrogen and oxygen atoms in total. The SMILES string of the molecule is O=C(OCCCl)N1CCc2c([nH]c3ccc(Cl)cc23)C1c1ccc(C2C=N2)cc1. The smallest absolute Gasteiger partial charge is 0.410 e. The van der Waals surface area contributed by atoms with Crippen LogP contribution in [-0.4, -0.2) is 41.2 Å². The van der Waals surface area contributed by atoms with Crippen LogP contribution in [0.1, 0.15) is 34.5 Å². The summed E-state index contributed by atoms with van der Waals surface area (Å²) in [5.41, 5.74) is 5.40. The topological polar surface area (TPSA) is 57.7 Å². The number of rotatable bonds is 4. The number of fused-ring (bicyclic) bond motifs is 3. The number of alkyl halides is 1. The largest absolute Gasteiger partial charge is 0.448 e. The molecule has 2 unspecified atom stereocenters. The highest BCUT2D eigenvalue weighted by atomic mass is 35.5. The third-order valence-electron chi connectivity index (χ3n) is 5.52. The van der Waals surface area contributed by atoms with E-state index in [9.17, 15) is 4.79 Å². The van der Waals surface area contributed by atoms with Crippen molar-refractivity contribution in [3.05, 3.63) is 69.9 Å². The van der Waals surface area contributed by atoms with Crippen molar-refractivity contribution in [1.82, 2.24) is 9.88 Å². The molecule has 0 aliphatic carbocycles. The fraction of sp³-hybridized carbons (Fsp3) is 0.273. The van der Waals surface area contributed by atoms with Crippen molar-refractivity contribution >= 4 is 46.4 Å². The minimum atomic E-state index is -0.354. The second-order valence-corrected chi connectivity index (χ2v) is 8.08. The molecule has 3 aromatic rings. The van der Waals surface area contributed by atoms with Gasteiger partial charge in [0.2, 0.25) is 0 Å². The van der Waals surface area contributed by atoms with E-state index in [2.05, 4.69) is 34.2 Å². The summed E-state index contributed by atoms with van der Waals surface area (Å²) in [6.07, 6.45) is 2.30. The van der Waals surface area contributed by atoms with Crippen LogP contribution in [0, 0.1) is 0 Å². The Hall–Kier alpha value is -2.50. The Morgan fingerprint density at radius 2 is 1.97 bits per heavy atom. The predicted octanol–water partition coefficient (Wildman–Crippen LogP) is 5.27. The van der Waals surface area contributed by atoms with E-state index in [1.165, 1.54) is 5.56 Å². The molecule has 0 saturated carbocycles. The van der Waals surface area contributed by atoms with Crippen LogP contribution in [0.3, 0.4) is 0 Å². The average Bonchev–Trinajstić information content (AvgIpc) is 3.53. The van der Waals surface area contributed by atoms with Gasteiger partial charge in [0.25, 0.3) is 0 Å². The normalized spacial score (nSPS) is 20.0. The van der Waals surface area contributed by atoms with Crippen LogP contribution in [-0.2, 0) is 11.2 Å². The highest BCUT2D eigenvalue weighted by Gasteiger charge is 2.35. The minimum Gasteiger partial charge on any atom is -0.448 e. The zero-order valence-corrected chi connectivity index (χ0v) is 17.1. The number of aromatic amines is 1. The summed E-state index contributed by atoms with van der Waals surface area (Å²) in [5, 5.41) is 1.81. The number of aromatic nitrogens is 1. The minimum absolute atomic E-state index is 0.191. The number of nitrogens with zero attached hydrogens (tertiary/aromatic N) is 2. The summed E-state index contributed by atoms with van der Waals surface area (Å²) in [4.78, 5) is 22.3. The molecule has 148 valence electrons. The maximum absolute atomic E-state index is 12.8. The Labute approximate surface area is 178 Å². The number of carbonyl (C=O) groups is 1. The third-order valence-corrected chi connectivity index (χ3v) is 5.91. The number of aliphatic imine (C=N–C) groups is 1. The van der Waals surface area contributed by atoms with Crippen LogP contribution in [0.2, 0.25) is 5.02 Å². The Kier molecular flexibility index (Phi) is 4.72. The first-order valence-corrected chi connectivity index (χ1v) is 10.5. The van der Waals surface area contributed by atoms with E-state index in [0.717, 1.165) is 34.1 Å². The molecule has 0 saturated heterocycles. The number of benzene rings is 2. The summed E-state index contributed by atoms with van der Waals surface area (Å²) < 4.78 is 5.36. The van der Waals surface area contributed by atoms with Crippen molar-refractivity contribution in [1.29, 1.82) is 0 Å². The molecule has 3 heterocycles. The van der Waals surface area contributed by atoms with Crippen molar-refractivity contribution in [2.75, 3.05) is 19.0 Å². The van der Waals surface area contributed by atoms with Crippen molar-refractivity contribution in [2.24, 2.45) is 4.99 Å². The molecule has 0 spiro atoms. The standard InChI is InChI=1S/C22H19Cl2N3O2/c23-8-10-29-22(28)27-9-7-16-17-11-15(24)5-6-18(17)26-20(16)21(27)14-3-1-13(2-4-14)19-12-25-19/h1-6,11-12,19,21,26H,7-10H2. The highest BCUT2D eigenvalue weighted by molar-refractivity contribution is 6.31. The van der Waals surface area contributed by atoms with Gasteiger partial charge >= 0.3 is 6.09 Å². The molecule has 2 aliphatic rings. The van der Waals surface area contributed by atoms with Gasteiger partial charge in [0.1, 0.15) is 18.7 Å². The van der Waals surface area contributed by atoms with E-state index >= 15 is 0 Å². The first kappa shape index (κ1) is 18.5. The quantitative estimate of drug-likeness (QED) is 0.576. The lowest BCUT2D eigenvalue weighted by Crippen LogP contribution is -2.41. The summed E-state index contributed by atoms with van der Waals surface area (Å²) >= 11 is 12.0. The zero-order chi connectivity index (χ0) is 20.0. The first-order chi connectivity index (χ1) is 14.2. The first-order valence-electron chi connectivity index (χ1n) is 9.58. The van der Waals surface area contributed by atoms with Crippen LogP contribution in [0.5, 0.6) is 0 Å². The second-order valence-electron chi connectivity index (χ2n) is 7.27. The molecule has 1 N–H and O–H groups in total. The highest BCUT2D eigenvalue weighted by Crippen LogP contribution is 2.40. The molecule has 0 fully saturated rings. The Bertz CT molecular complexity index is 1100. The maximum atomic E-state index is 12.8. The van der Waals surface area contributed by atoms with Gasteiger partial charge in [-0.25, -0.2) is 4.79 Å². The van der Waals surface area contributed by atoms with Gasteiger partial charge in [-0.3, -0.25) is 9.89 Å². The fourth-order valence-corrected chi connectivity index (χ4v) is 4.35. The van der Waals surface area contributed by atoms with E-state index in [4.69, 9.17) is 27.9 Å². The molecular formula is C22H19Cl2N3O2.